The summed E-state index contributed by atoms with van der Waals surface area (Å²) in [4.78, 5) is 21.4. The molecule has 2 fully saturated rings. The molecule has 0 unspecified atom stereocenters. The summed E-state index contributed by atoms with van der Waals surface area (Å²) in [5, 5.41) is 10.5. The highest BCUT2D eigenvalue weighted by molar-refractivity contribution is 6.34. The van der Waals surface area contributed by atoms with Gasteiger partial charge in [0.15, 0.2) is 0 Å². The number of nitrogens with one attached hydrogen (secondary N) is 1. The Morgan fingerprint density at radius 2 is 2.17 bits per heavy atom. The number of aromatic carboxylic acids is 1. The van der Waals surface area contributed by atoms with E-state index in [9.17, 15) is 9.90 Å². The Bertz CT molecular complexity index is 1120. The first kappa shape index (κ1) is 18.3. The zero-order valence-corrected chi connectivity index (χ0v) is 16.6. The van der Waals surface area contributed by atoms with Crippen molar-refractivity contribution in [2.24, 2.45) is 5.41 Å². The molecule has 0 radical (unpaired) electrons. The fourth-order valence-corrected chi connectivity index (χ4v) is 4.52. The van der Waals surface area contributed by atoms with E-state index in [-0.39, 0.29) is 11.0 Å². The molecule has 2 aromatic heterocycles. The molecule has 150 valence electrons. The topological polar surface area (TPSA) is 87.7 Å². The summed E-state index contributed by atoms with van der Waals surface area (Å²) in [7, 11) is 1.58. The zero-order chi connectivity index (χ0) is 20.2. The van der Waals surface area contributed by atoms with E-state index in [1.807, 2.05) is 12.1 Å². The molecule has 8 heteroatoms. The number of carbonyl (C=O) groups is 1. The summed E-state index contributed by atoms with van der Waals surface area (Å²) in [5.41, 5.74) is 2.55. The standard InChI is InChI=1S/C21H20ClN3O4/c1-28-19-12(2-3-18(24-19)25-5-4-21(9-25)10-29-11-21)13-6-14-15(20(26)27)8-23-17(14)7-16(13)22/h2-3,6-8,23H,4-5,9-11H2,1H3,(H,26,27). The molecule has 2 saturated heterocycles. The number of pyridine rings is 1. The van der Waals surface area contributed by atoms with Crippen LogP contribution >= 0.6 is 11.6 Å². The first-order valence-electron chi connectivity index (χ1n) is 9.42. The van der Waals surface area contributed by atoms with Crippen LogP contribution < -0.4 is 9.64 Å². The van der Waals surface area contributed by atoms with Gasteiger partial charge in [0, 0.05) is 46.7 Å². The molecule has 0 atom stereocenters. The van der Waals surface area contributed by atoms with Gasteiger partial charge in [-0.2, -0.15) is 4.98 Å². The lowest BCUT2D eigenvalue weighted by molar-refractivity contribution is -0.0985. The summed E-state index contributed by atoms with van der Waals surface area (Å²) in [6, 6.07) is 7.40. The average Bonchev–Trinajstić information content (AvgIpc) is 3.31. The SMILES string of the molecule is COc1nc(N2CCC3(COC3)C2)ccc1-c1cc2c(C(=O)O)c[nH]c2cc1Cl. The highest BCUT2D eigenvalue weighted by Crippen LogP contribution is 2.41. The molecule has 29 heavy (non-hydrogen) atoms. The monoisotopic (exact) mass is 413 g/mol. The number of halogens is 1. The Kier molecular flexibility index (Phi) is 4.18. The fraction of sp³-hybridized carbons (Fsp3) is 0.333. The van der Waals surface area contributed by atoms with Crippen molar-refractivity contribution in [3.05, 3.63) is 41.0 Å². The molecular formula is C21H20ClN3O4. The summed E-state index contributed by atoms with van der Waals surface area (Å²) >= 11 is 6.51. The number of hydrogen-bond acceptors (Lipinski definition) is 5. The smallest absolute Gasteiger partial charge is 0.337 e. The first-order valence-corrected chi connectivity index (χ1v) is 9.79. The van der Waals surface area contributed by atoms with Gasteiger partial charge < -0.3 is 24.5 Å². The second-order valence-corrected chi connectivity index (χ2v) is 8.18. The zero-order valence-electron chi connectivity index (χ0n) is 15.9. The number of fused-ring (bicyclic) bond motifs is 1. The van der Waals surface area contributed by atoms with Gasteiger partial charge in [-0.05, 0) is 30.7 Å². The van der Waals surface area contributed by atoms with Gasteiger partial charge in [0.1, 0.15) is 5.82 Å². The fourth-order valence-electron chi connectivity index (χ4n) is 4.25. The lowest BCUT2D eigenvalue weighted by Gasteiger charge is -2.37. The van der Waals surface area contributed by atoms with Crippen molar-refractivity contribution < 1.29 is 19.4 Å². The van der Waals surface area contributed by atoms with Crippen LogP contribution in [0.2, 0.25) is 5.02 Å². The Morgan fingerprint density at radius 3 is 2.83 bits per heavy atom. The summed E-state index contributed by atoms with van der Waals surface area (Å²) < 4.78 is 11.0. The molecule has 7 nitrogen and oxygen atoms in total. The van der Waals surface area contributed by atoms with Gasteiger partial charge in [-0.15, -0.1) is 0 Å². The van der Waals surface area contributed by atoms with E-state index >= 15 is 0 Å². The Balaban J connectivity index is 1.55. The maximum Gasteiger partial charge on any atom is 0.337 e. The number of H-pyrrole nitrogens is 1. The number of aromatic amines is 1. The van der Waals surface area contributed by atoms with Crippen molar-refractivity contribution >= 4 is 34.3 Å². The van der Waals surface area contributed by atoms with Crippen LogP contribution in [-0.2, 0) is 4.74 Å². The predicted molar refractivity (Wildman–Crippen MR) is 110 cm³/mol. The normalized spacial score (nSPS) is 17.7. The molecule has 0 amide bonds. The number of benzene rings is 1. The first-order chi connectivity index (χ1) is 14.0. The van der Waals surface area contributed by atoms with Crippen molar-refractivity contribution in [2.45, 2.75) is 6.42 Å². The maximum absolute atomic E-state index is 11.5. The number of carboxylic acids is 1. The second-order valence-electron chi connectivity index (χ2n) is 7.78. The molecule has 2 aliphatic heterocycles. The van der Waals surface area contributed by atoms with Crippen molar-refractivity contribution in [1.82, 2.24) is 9.97 Å². The molecule has 1 spiro atoms. The largest absolute Gasteiger partial charge is 0.480 e. The third-order valence-corrected chi connectivity index (χ3v) is 6.22. The minimum absolute atomic E-state index is 0.201. The number of nitrogens with zero attached hydrogens (tertiary/aromatic N) is 2. The number of carboxylic acid groups (broad SMARTS) is 1. The van der Waals surface area contributed by atoms with Crippen molar-refractivity contribution in [3.63, 3.8) is 0 Å². The van der Waals surface area contributed by atoms with Gasteiger partial charge in [-0.1, -0.05) is 11.6 Å². The summed E-state index contributed by atoms with van der Waals surface area (Å²) in [6.07, 6.45) is 2.58. The number of ether oxygens (including phenoxy) is 2. The van der Waals surface area contributed by atoms with Crippen LogP contribution in [0.3, 0.4) is 0 Å². The van der Waals surface area contributed by atoms with Crippen molar-refractivity contribution in [1.29, 1.82) is 0 Å². The van der Waals surface area contributed by atoms with Crippen LogP contribution in [-0.4, -0.2) is 54.5 Å². The van der Waals surface area contributed by atoms with Crippen LogP contribution in [0.15, 0.2) is 30.5 Å². The van der Waals surface area contributed by atoms with Crippen molar-refractivity contribution in [3.8, 4) is 17.0 Å². The van der Waals surface area contributed by atoms with E-state index in [0.717, 1.165) is 44.1 Å². The number of aromatic nitrogens is 2. The van der Waals surface area contributed by atoms with Gasteiger partial charge >= 0.3 is 5.97 Å². The number of anilines is 1. The predicted octanol–water partition coefficient (Wildman–Crippen LogP) is 3.82. The Hall–Kier alpha value is -2.77. The molecule has 4 heterocycles. The van der Waals surface area contributed by atoms with E-state index in [1.54, 1.807) is 19.2 Å². The second kappa shape index (κ2) is 6.64. The van der Waals surface area contributed by atoms with E-state index < -0.39 is 5.97 Å². The third-order valence-electron chi connectivity index (χ3n) is 5.91. The number of hydrogen-bond donors (Lipinski definition) is 2. The minimum Gasteiger partial charge on any atom is -0.480 e. The number of rotatable bonds is 4. The van der Waals surface area contributed by atoms with Gasteiger partial charge in [-0.3, -0.25) is 0 Å². The highest BCUT2D eigenvalue weighted by atomic mass is 35.5. The third kappa shape index (κ3) is 2.92. The molecule has 0 saturated carbocycles. The molecule has 5 rings (SSSR count). The van der Waals surface area contributed by atoms with Crippen LogP contribution in [0.1, 0.15) is 16.8 Å². The summed E-state index contributed by atoms with van der Waals surface area (Å²) in [5.74, 6) is 0.328. The van der Waals surface area contributed by atoms with Gasteiger partial charge in [0.2, 0.25) is 5.88 Å². The minimum atomic E-state index is -0.993. The van der Waals surface area contributed by atoms with Crippen LogP contribution in [0, 0.1) is 5.41 Å². The molecule has 0 aliphatic carbocycles. The van der Waals surface area contributed by atoms with Crippen LogP contribution in [0.5, 0.6) is 5.88 Å². The molecular weight excluding hydrogens is 394 g/mol. The Labute approximate surface area is 172 Å². The van der Waals surface area contributed by atoms with Crippen LogP contribution in [0.4, 0.5) is 5.82 Å². The van der Waals surface area contributed by atoms with E-state index in [0.29, 0.717) is 27.4 Å². The molecule has 3 aromatic rings. The molecule has 2 aliphatic rings. The maximum atomic E-state index is 11.5. The lowest BCUT2D eigenvalue weighted by atomic mass is 9.85. The number of methoxy groups -OCH3 is 1. The van der Waals surface area contributed by atoms with E-state index in [2.05, 4.69) is 9.88 Å². The Morgan fingerprint density at radius 1 is 1.34 bits per heavy atom. The van der Waals surface area contributed by atoms with E-state index in [4.69, 9.17) is 26.1 Å². The van der Waals surface area contributed by atoms with Gasteiger partial charge in [0.05, 0.1) is 30.9 Å². The van der Waals surface area contributed by atoms with Gasteiger partial charge in [0.25, 0.3) is 0 Å². The molecule has 0 bridgehead atoms. The van der Waals surface area contributed by atoms with Gasteiger partial charge in [-0.25, -0.2) is 4.79 Å². The molecule has 1 aromatic carbocycles. The van der Waals surface area contributed by atoms with E-state index in [1.165, 1.54) is 6.20 Å². The highest BCUT2D eigenvalue weighted by Gasteiger charge is 2.44. The van der Waals surface area contributed by atoms with Crippen LogP contribution in [0.25, 0.3) is 22.0 Å². The van der Waals surface area contributed by atoms with Crippen molar-refractivity contribution in [2.75, 3.05) is 38.3 Å². The average molecular weight is 414 g/mol. The summed E-state index contributed by atoms with van der Waals surface area (Å²) in [6.45, 7) is 3.51. The molecule has 2 N–H and O–H groups in total. The quantitative estimate of drug-likeness (QED) is 0.676. The lowest BCUT2D eigenvalue weighted by Crippen LogP contribution is -2.44.